The molecule has 0 atom stereocenters. The Morgan fingerprint density at radius 1 is 1.17 bits per heavy atom. The van der Waals surface area contributed by atoms with Crippen LogP contribution in [0.25, 0.3) is 0 Å². The predicted molar refractivity (Wildman–Crippen MR) is 94.0 cm³/mol. The first kappa shape index (κ1) is 17.1. The molecule has 1 heterocycles. The van der Waals surface area contributed by atoms with Crippen molar-refractivity contribution in [2.75, 3.05) is 19.7 Å². The van der Waals surface area contributed by atoms with E-state index >= 15 is 0 Å². The summed E-state index contributed by atoms with van der Waals surface area (Å²) in [5, 5.41) is 6.93. The van der Waals surface area contributed by atoms with E-state index in [-0.39, 0.29) is 0 Å². The summed E-state index contributed by atoms with van der Waals surface area (Å²) in [5.74, 6) is 1.61. The monoisotopic (exact) mass is 332 g/mol. The third-order valence-electron chi connectivity index (χ3n) is 2.96. The molecule has 0 saturated carbocycles. The van der Waals surface area contributed by atoms with E-state index in [9.17, 15) is 0 Å². The molecule has 2 rings (SSSR count). The number of benzene rings is 1. The van der Waals surface area contributed by atoms with Gasteiger partial charge in [0, 0.05) is 12.7 Å². The third kappa shape index (κ3) is 6.57. The fourth-order valence-electron chi connectivity index (χ4n) is 1.87. The molecule has 0 fully saturated rings. The van der Waals surface area contributed by atoms with Crippen LogP contribution in [0.4, 0.5) is 0 Å². The summed E-state index contributed by atoms with van der Waals surface area (Å²) in [6, 6.07) is 13.4. The topological polar surface area (TPSA) is 58.5 Å². The summed E-state index contributed by atoms with van der Waals surface area (Å²) in [5.41, 5.74) is 1.01. The van der Waals surface area contributed by atoms with Gasteiger partial charge in [0.15, 0.2) is 5.96 Å². The molecule has 0 aliphatic carbocycles. The first-order valence-electron chi connectivity index (χ1n) is 7.58. The number of rotatable bonds is 7. The molecule has 2 aromatic rings. The lowest BCUT2D eigenvalue weighted by Gasteiger charge is -2.12. The van der Waals surface area contributed by atoms with Crippen LogP contribution < -0.4 is 15.4 Å². The van der Waals surface area contributed by atoms with E-state index in [4.69, 9.17) is 16.3 Å². The molecular weight excluding hydrogens is 312 g/mol. The Morgan fingerprint density at radius 2 is 2.00 bits per heavy atom. The van der Waals surface area contributed by atoms with Crippen molar-refractivity contribution in [3.63, 3.8) is 0 Å². The smallest absolute Gasteiger partial charge is 0.191 e. The van der Waals surface area contributed by atoms with Gasteiger partial charge in [-0.2, -0.15) is 0 Å². The van der Waals surface area contributed by atoms with Crippen LogP contribution >= 0.6 is 11.6 Å². The molecule has 1 aromatic heterocycles. The van der Waals surface area contributed by atoms with Crippen LogP contribution in [0.1, 0.15) is 12.5 Å². The molecule has 0 aliphatic rings. The fraction of sp³-hybridized carbons (Fsp3) is 0.294. The zero-order chi connectivity index (χ0) is 16.3. The van der Waals surface area contributed by atoms with Gasteiger partial charge in [0.2, 0.25) is 0 Å². The number of hydrogen-bond acceptors (Lipinski definition) is 3. The maximum atomic E-state index is 5.77. The highest BCUT2D eigenvalue weighted by atomic mass is 35.5. The van der Waals surface area contributed by atoms with Crippen LogP contribution in [-0.2, 0) is 6.54 Å². The van der Waals surface area contributed by atoms with Crippen molar-refractivity contribution < 1.29 is 4.74 Å². The highest BCUT2D eigenvalue weighted by molar-refractivity contribution is 6.29. The summed E-state index contributed by atoms with van der Waals surface area (Å²) >= 11 is 5.77. The molecule has 0 amide bonds. The highest BCUT2D eigenvalue weighted by Gasteiger charge is 1.99. The molecule has 0 radical (unpaired) electrons. The number of nitrogens with zero attached hydrogens (tertiary/aromatic N) is 2. The van der Waals surface area contributed by atoms with Gasteiger partial charge in [-0.25, -0.2) is 9.98 Å². The highest BCUT2D eigenvalue weighted by Crippen LogP contribution is 2.07. The fourth-order valence-corrected chi connectivity index (χ4v) is 1.98. The van der Waals surface area contributed by atoms with Crippen LogP contribution in [0.5, 0.6) is 5.75 Å². The van der Waals surface area contributed by atoms with Gasteiger partial charge < -0.3 is 15.4 Å². The molecule has 2 N–H and O–H groups in total. The van der Waals surface area contributed by atoms with Gasteiger partial charge in [-0.05, 0) is 30.7 Å². The number of hydrogen-bond donors (Lipinski definition) is 2. The molecule has 0 spiro atoms. The van der Waals surface area contributed by atoms with Gasteiger partial charge in [-0.15, -0.1) is 0 Å². The Morgan fingerprint density at radius 3 is 2.70 bits per heavy atom. The van der Waals surface area contributed by atoms with E-state index in [1.807, 2.05) is 43.3 Å². The summed E-state index contributed by atoms with van der Waals surface area (Å²) < 4.78 is 5.64. The van der Waals surface area contributed by atoms with E-state index in [0.717, 1.165) is 23.8 Å². The Balaban J connectivity index is 1.78. The van der Waals surface area contributed by atoms with Gasteiger partial charge in [-0.3, -0.25) is 0 Å². The van der Waals surface area contributed by atoms with Gasteiger partial charge in [0.05, 0.1) is 13.1 Å². The number of guanidine groups is 1. The van der Waals surface area contributed by atoms with E-state index in [1.54, 1.807) is 12.3 Å². The molecular formula is C17H21ClN4O. The Hall–Kier alpha value is -2.27. The van der Waals surface area contributed by atoms with Crippen LogP contribution in [0.15, 0.2) is 53.7 Å². The predicted octanol–water partition coefficient (Wildman–Crippen LogP) is 2.87. The lowest BCUT2D eigenvalue weighted by molar-refractivity contribution is 0.322. The zero-order valence-corrected chi connectivity index (χ0v) is 13.9. The quantitative estimate of drug-likeness (QED) is 0.354. The average molecular weight is 333 g/mol. The molecule has 0 bridgehead atoms. The lowest BCUT2D eigenvalue weighted by atomic mass is 10.3. The van der Waals surface area contributed by atoms with Gasteiger partial charge in [0.25, 0.3) is 0 Å². The van der Waals surface area contributed by atoms with Crippen molar-refractivity contribution in [1.82, 2.24) is 15.6 Å². The minimum Gasteiger partial charge on any atom is -0.492 e. The van der Waals surface area contributed by atoms with Gasteiger partial charge >= 0.3 is 0 Å². The second-order valence-corrected chi connectivity index (χ2v) is 5.16. The van der Waals surface area contributed by atoms with Crippen LogP contribution in [0.2, 0.25) is 5.15 Å². The summed E-state index contributed by atoms with van der Waals surface area (Å²) in [6.45, 7) is 4.60. The first-order chi connectivity index (χ1) is 11.3. The minimum atomic E-state index is 0.487. The molecule has 0 aliphatic heterocycles. The van der Waals surface area contributed by atoms with E-state index in [1.165, 1.54) is 0 Å². The summed E-state index contributed by atoms with van der Waals surface area (Å²) in [4.78, 5) is 8.56. The molecule has 0 unspecified atom stereocenters. The Labute approximate surface area is 141 Å². The number of aliphatic imine (C=N–C) groups is 1. The van der Waals surface area contributed by atoms with Crippen molar-refractivity contribution in [2.24, 2.45) is 4.99 Å². The van der Waals surface area contributed by atoms with Crippen molar-refractivity contribution in [2.45, 2.75) is 13.5 Å². The number of halogens is 1. The number of aromatic nitrogens is 1. The van der Waals surface area contributed by atoms with Crippen molar-refractivity contribution in [1.29, 1.82) is 0 Å². The summed E-state index contributed by atoms with van der Waals surface area (Å²) in [7, 11) is 0. The standard InChI is InChI=1S/C17H21ClN4O/c1-2-19-17(22-13-14-8-9-16(18)21-12-14)20-10-11-23-15-6-4-3-5-7-15/h3-9,12H,2,10-11,13H2,1H3,(H2,19,20,22). The average Bonchev–Trinajstić information content (AvgIpc) is 2.59. The number of nitrogens with one attached hydrogen (secondary N) is 2. The van der Waals surface area contributed by atoms with Crippen molar-refractivity contribution in [3.05, 3.63) is 59.4 Å². The third-order valence-corrected chi connectivity index (χ3v) is 3.18. The molecule has 6 heteroatoms. The second-order valence-electron chi connectivity index (χ2n) is 4.77. The largest absolute Gasteiger partial charge is 0.492 e. The number of ether oxygens (including phenoxy) is 1. The maximum Gasteiger partial charge on any atom is 0.191 e. The number of pyridine rings is 1. The SMILES string of the molecule is CCNC(=NCc1ccc(Cl)nc1)NCCOc1ccccc1. The van der Waals surface area contributed by atoms with E-state index in [0.29, 0.717) is 24.8 Å². The first-order valence-corrected chi connectivity index (χ1v) is 7.96. The molecule has 5 nitrogen and oxygen atoms in total. The van der Waals surface area contributed by atoms with Crippen LogP contribution in [-0.4, -0.2) is 30.6 Å². The molecule has 23 heavy (non-hydrogen) atoms. The van der Waals surface area contributed by atoms with E-state index in [2.05, 4.69) is 20.6 Å². The minimum absolute atomic E-state index is 0.487. The van der Waals surface area contributed by atoms with Crippen LogP contribution in [0, 0.1) is 0 Å². The Kier molecular flexibility index (Phi) is 7.20. The summed E-state index contributed by atoms with van der Waals surface area (Å²) in [6.07, 6.45) is 1.73. The van der Waals surface area contributed by atoms with Crippen LogP contribution in [0.3, 0.4) is 0 Å². The zero-order valence-electron chi connectivity index (χ0n) is 13.1. The normalized spacial score (nSPS) is 11.1. The molecule has 1 aromatic carbocycles. The van der Waals surface area contributed by atoms with Gasteiger partial charge in [-0.1, -0.05) is 35.9 Å². The maximum absolute atomic E-state index is 5.77. The Bertz CT molecular complexity index is 602. The molecule has 122 valence electrons. The number of para-hydroxylation sites is 1. The van der Waals surface area contributed by atoms with Crippen molar-refractivity contribution in [3.8, 4) is 5.75 Å². The lowest BCUT2D eigenvalue weighted by Crippen LogP contribution is -2.39. The second kappa shape index (κ2) is 9.69. The molecule has 0 saturated heterocycles. The van der Waals surface area contributed by atoms with Gasteiger partial charge in [0.1, 0.15) is 17.5 Å². The van der Waals surface area contributed by atoms with E-state index < -0.39 is 0 Å². The van der Waals surface area contributed by atoms with Crippen molar-refractivity contribution >= 4 is 17.6 Å².